The van der Waals surface area contributed by atoms with Gasteiger partial charge in [-0.05, 0) is 22.9 Å². The van der Waals surface area contributed by atoms with E-state index in [2.05, 4.69) is 26.1 Å². The van der Waals surface area contributed by atoms with Crippen LogP contribution in [0.3, 0.4) is 0 Å². The van der Waals surface area contributed by atoms with Gasteiger partial charge in [-0.3, -0.25) is 5.10 Å². The Morgan fingerprint density at radius 3 is 2.92 bits per heavy atom. The molecule has 0 aliphatic heterocycles. The van der Waals surface area contributed by atoms with E-state index in [-0.39, 0.29) is 6.61 Å². The minimum Gasteiger partial charge on any atom is -0.394 e. The van der Waals surface area contributed by atoms with Crippen LogP contribution in [-0.2, 0) is 6.42 Å². The van der Waals surface area contributed by atoms with E-state index in [1.54, 1.807) is 13.1 Å². The molecule has 0 saturated heterocycles. The molecular formula is C7H12BrN3O. The van der Waals surface area contributed by atoms with E-state index >= 15 is 0 Å². The van der Waals surface area contributed by atoms with Crippen molar-refractivity contribution >= 4 is 15.9 Å². The molecule has 12 heavy (non-hydrogen) atoms. The van der Waals surface area contributed by atoms with Crippen molar-refractivity contribution in [3.63, 3.8) is 0 Å². The molecule has 0 aliphatic rings. The van der Waals surface area contributed by atoms with Gasteiger partial charge in [0.05, 0.1) is 23.0 Å². The summed E-state index contributed by atoms with van der Waals surface area (Å²) in [6.07, 6.45) is 2.24. The number of rotatable bonds is 3. The number of hydrogen-bond acceptors (Lipinski definition) is 3. The molecule has 0 saturated carbocycles. The standard InChI is InChI=1S/C7H12BrN3O/c1-7(9,4-12)2-6-5(8)3-10-11-6/h3,12H,2,4,9H2,1H3,(H,10,11). The lowest BCUT2D eigenvalue weighted by Crippen LogP contribution is -2.42. The second kappa shape index (κ2) is 3.55. The molecule has 5 heteroatoms. The zero-order chi connectivity index (χ0) is 9.19. The fourth-order valence-corrected chi connectivity index (χ4v) is 1.21. The minimum atomic E-state index is -0.588. The molecule has 1 aromatic heterocycles. The summed E-state index contributed by atoms with van der Waals surface area (Å²) in [5.74, 6) is 0. The van der Waals surface area contributed by atoms with E-state index < -0.39 is 5.54 Å². The number of aromatic amines is 1. The van der Waals surface area contributed by atoms with Crippen molar-refractivity contribution in [2.75, 3.05) is 6.61 Å². The van der Waals surface area contributed by atoms with Gasteiger partial charge < -0.3 is 10.8 Å². The third-order valence-corrected chi connectivity index (χ3v) is 2.29. The number of halogens is 1. The zero-order valence-corrected chi connectivity index (χ0v) is 8.43. The van der Waals surface area contributed by atoms with Gasteiger partial charge in [-0.1, -0.05) is 0 Å². The fourth-order valence-electron chi connectivity index (χ4n) is 0.882. The average molecular weight is 234 g/mol. The van der Waals surface area contributed by atoms with E-state index in [0.29, 0.717) is 6.42 Å². The third-order valence-electron chi connectivity index (χ3n) is 1.61. The Kier molecular flexibility index (Phi) is 2.87. The summed E-state index contributed by atoms with van der Waals surface area (Å²) in [5, 5.41) is 15.5. The van der Waals surface area contributed by atoms with Gasteiger partial charge in [0.25, 0.3) is 0 Å². The maximum Gasteiger partial charge on any atom is 0.0632 e. The van der Waals surface area contributed by atoms with Crippen LogP contribution < -0.4 is 5.73 Å². The third kappa shape index (κ3) is 2.30. The first-order valence-electron chi connectivity index (χ1n) is 3.63. The summed E-state index contributed by atoms with van der Waals surface area (Å²) in [6, 6.07) is 0. The van der Waals surface area contributed by atoms with Gasteiger partial charge in [0, 0.05) is 12.0 Å². The van der Waals surface area contributed by atoms with Crippen molar-refractivity contribution < 1.29 is 5.11 Å². The average Bonchev–Trinajstić information content (AvgIpc) is 2.36. The Balaban J connectivity index is 2.70. The van der Waals surface area contributed by atoms with Crippen molar-refractivity contribution in [3.8, 4) is 0 Å². The first kappa shape index (κ1) is 9.70. The Morgan fingerprint density at radius 1 is 1.83 bits per heavy atom. The van der Waals surface area contributed by atoms with E-state index in [0.717, 1.165) is 10.2 Å². The van der Waals surface area contributed by atoms with Crippen LogP contribution in [-0.4, -0.2) is 27.4 Å². The second-order valence-electron chi connectivity index (χ2n) is 3.19. The predicted molar refractivity (Wildman–Crippen MR) is 49.7 cm³/mol. The van der Waals surface area contributed by atoms with Crippen LogP contribution >= 0.6 is 15.9 Å². The lowest BCUT2D eigenvalue weighted by molar-refractivity contribution is 0.207. The lowest BCUT2D eigenvalue weighted by Gasteiger charge is -2.20. The number of H-pyrrole nitrogens is 1. The van der Waals surface area contributed by atoms with Crippen molar-refractivity contribution in [2.45, 2.75) is 18.9 Å². The fraction of sp³-hybridized carbons (Fsp3) is 0.571. The van der Waals surface area contributed by atoms with E-state index in [1.807, 2.05) is 0 Å². The van der Waals surface area contributed by atoms with Gasteiger partial charge in [-0.15, -0.1) is 0 Å². The number of hydrogen-bond donors (Lipinski definition) is 3. The van der Waals surface area contributed by atoms with Gasteiger partial charge in [-0.2, -0.15) is 5.10 Å². The molecular weight excluding hydrogens is 222 g/mol. The highest BCUT2D eigenvalue weighted by Crippen LogP contribution is 2.17. The van der Waals surface area contributed by atoms with E-state index in [4.69, 9.17) is 10.8 Å². The molecule has 1 rings (SSSR count). The number of nitrogens with two attached hydrogens (primary N) is 1. The summed E-state index contributed by atoms with van der Waals surface area (Å²) in [5.41, 5.74) is 6.08. The molecule has 4 nitrogen and oxygen atoms in total. The molecule has 0 aromatic carbocycles. The Bertz CT molecular complexity index is 259. The largest absolute Gasteiger partial charge is 0.394 e. The normalized spacial score (nSPS) is 16.0. The summed E-state index contributed by atoms with van der Waals surface area (Å²) in [4.78, 5) is 0. The minimum absolute atomic E-state index is 0.0432. The molecule has 1 heterocycles. The summed E-state index contributed by atoms with van der Waals surface area (Å²) >= 11 is 3.32. The molecule has 1 aromatic rings. The summed E-state index contributed by atoms with van der Waals surface area (Å²) < 4.78 is 0.896. The van der Waals surface area contributed by atoms with Crippen LogP contribution in [0, 0.1) is 0 Å². The Labute approximate surface area is 79.3 Å². The van der Waals surface area contributed by atoms with Crippen molar-refractivity contribution in [1.29, 1.82) is 0 Å². The maximum absolute atomic E-state index is 8.91. The van der Waals surface area contributed by atoms with Crippen LogP contribution in [0.5, 0.6) is 0 Å². The second-order valence-corrected chi connectivity index (χ2v) is 4.04. The molecule has 0 amide bonds. The highest BCUT2D eigenvalue weighted by molar-refractivity contribution is 9.10. The summed E-state index contributed by atoms with van der Waals surface area (Å²) in [7, 11) is 0. The van der Waals surface area contributed by atoms with Crippen molar-refractivity contribution in [2.24, 2.45) is 5.73 Å². The van der Waals surface area contributed by atoms with Crippen LogP contribution in [0.1, 0.15) is 12.6 Å². The Morgan fingerprint density at radius 2 is 2.50 bits per heavy atom. The smallest absolute Gasteiger partial charge is 0.0632 e. The van der Waals surface area contributed by atoms with Crippen molar-refractivity contribution in [3.05, 3.63) is 16.4 Å². The molecule has 1 unspecified atom stereocenters. The van der Waals surface area contributed by atoms with Crippen LogP contribution in [0.25, 0.3) is 0 Å². The first-order chi connectivity index (χ1) is 5.55. The quantitative estimate of drug-likeness (QED) is 0.709. The molecule has 0 radical (unpaired) electrons. The van der Waals surface area contributed by atoms with Crippen molar-refractivity contribution in [1.82, 2.24) is 10.2 Å². The number of aromatic nitrogens is 2. The Hall–Kier alpha value is -0.390. The van der Waals surface area contributed by atoms with Crippen LogP contribution in [0.2, 0.25) is 0 Å². The molecule has 68 valence electrons. The highest BCUT2D eigenvalue weighted by Gasteiger charge is 2.19. The number of nitrogens with one attached hydrogen (secondary N) is 1. The lowest BCUT2D eigenvalue weighted by atomic mass is 9.99. The van der Waals surface area contributed by atoms with Crippen LogP contribution in [0.4, 0.5) is 0 Å². The van der Waals surface area contributed by atoms with Gasteiger partial charge in [0.2, 0.25) is 0 Å². The highest BCUT2D eigenvalue weighted by atomic mass is 79.9. The van der Waals surface area contributed by atoms with E-state index in [9.17, 15) is 0 Å². The molecule has 0 fully saturated rings. The molecule has 0 aliphatic carbocycles. The monoisotopic (exact) mass is 233 g/mol. The number of aliphatic hydroxyl groups excluding tert-OH is 1. The SMILES string of the molecule is CC(N)(CO)Cc1[nH]ncc1Br. The molecule has 0 bridgehead atoms. The summed E-state index contributed by atoms with van der Waals surface area (Å²) in [6.45, 7) is 1.75. The topological polar surface area (TPSA) is 74.9 Å². The number of nitrogens with zero attached hydrogens (tertiary/aromatic N) is 1. The predicted octanol–water partition coefficient (Wildman–Crippen LogP) is 0.424. The van der Waals surface area contributed by atoms with Gasteiger partial charge in [0.1, 0.15) is 0 Å². The molecule has 0 spiro atoms. The van der Waals surface area contributed by atoms with Crippen LogP contribution in [0.15, 0.2) is 10.7 Å². The van der Waals surface area contributed by atoms with E-state index in [1.165, 1.54) is 0 Å². The molecule has 1 atom stereocenters. The molecule has 4 N–H and O–H groups in total. The maximum atomic E-state index is 8.91. The van der Waals surface area contributed by atoms with Gasteiger partial charge in [0.15, 0.2) is 0 Å². The zero-order valence-electron chi connectivity index (χ0n) is 6.84. The van der Waals surface area contributed by atoms with Gasteiger partial charge >= 0.3 is 0 Å². The first-order valence-corrected chi connectivity index (χ1v) is 4.42. The number of aliphatic hydroxyl groups is 1. The van der Waals surface area contributed by atoms with Gasteiger partial charge in [-0.25, -0.2) is 0 Å².